The zero-order valence-corrected chi connectivity index (χ0v) is 14.4. The first-order valence-electron chi connectivity index (χ1n) is 8.01. The van der Waals surface area contributed by atoms with Crippen LogP contribution in [0.2, 0.25) is 0 Å². The van der Waals surface area contributed by atoms with Crippen molar-refractivity contribution in [2.24, 2.45) is 0 Å². The second kappa shape index (κ2) is 6.00. The molecule has 3 rings (SSSR count). The first-order valence-corrected chi connectivity index (χ1v) is 9.45. The van der Waals surface area contributed by atoms with Crippen LogP contribution in [0.4, 0.5) is 13.2 Å². The van der Waals surface area contributed by atoms with E-state index in [1.165, 1.54) is 18.3 Å². The summed E-state index contributed by atoms with van der Waals surface area (Å²) in [5.74, 6) is 0. The minimum atomic E-state index is -4.48. The van der Waals surface area contributed by atoms with Gasteiger partial charge in [-0.15, -0.1) is 0 Å². The number of benzene rings is 1. The fraction of sp³-hybridized carbons (Fsp3) is 0.625. The molecular formula is C16H21F3N2O2S. The lowest BCUT2D eigenvalue weighted by Crippen LogP contribution is -2.48. The fourth-order valence-corrected chi connectivity index (χ4v) is 5.37. The maximum atomic E-state index is 12.9. The van der Waals surface area contributed by atoms with E-state index in [1.54, 1.807) is 0 Å². The molecule has 1 aromatic carbocycles. The van der Waals surface area contributed by atoms with E-state index < -0.39 is 21.8 Å². The van der Waals surface area contributed by atoms with Crippen molar-refractivity contribution in [3.63, 3.8) is 0 Å². The largest absolute Gasteiger partial charge is 0.416 e. The summed E-state index contributed by atoms with van der Waals surface area (Å²) >= 11 is 0. The number of fused-ring (bicyclic) bond motifs is 2. The third kappa shape index (κ3) is 3.19. The van der Waals surface area contributed by atoms with Gasteiger partial charge in [-0.1, -0.05) is 0 Å². The lowest BCUT2D eigenvalue weighted by Gasteiger charge is -2.35. The van der Waals surface area contributed by atoms with Gasteiger partial charge in [0.2, 0.25) is 10.0 Å². The number of aryl methyl sites for hydroxylation is 1. The highest BCUT2D eigenvalue weighted by Gasteiger charge is 2.39. The quantitative estimate of drug-likeness (QED) is 0.900. The maximum Gasteiger partial charge on any atom is 0.416 e. The van der Waals surface area contributed by atoms with E-state index in [0.29, 0.717) is 12.1 Å². The molecule has 8 heteroatoms. The third-order valence-electron chi connectivity index (χ3n) is 5.12. The average molecular weight is 362 g/mol. The number of rotatable bonds is 3. The van der Waals surface area contributed by atoms with Crippen molar-refractivity contribution in [2.75, 3.05) is 7.05 Å². The molecule has 0 aromatic heterocycles. The molecule has 2 bridgehead atoms. The Morgan fingerprint density at radius 1 is 1.17 bits per heavy atom. The second-order valence-corrected chi connectivity index (χ2v) is 8.73. The molecule has 2 heterocycles. The number of hydrogen-bond acceptors (Lipinski definition) is 3. The van der Waals surface area contributed by atoms with Crippen LogP contribution in [0.5, 0.6) is 0 Å². The summed E-state index contributed by atoms with van der Waals surface area (Å²) in [6.45, 7) is 1.40. The molecule has 2 saturated heterocycles. The number of hydrogen-bond donors (Lipinski definition) is 1. The average Bonchev–Trinajstić information content (AvgIpc) is 2.83. The van der Waals surface area contributed by atoms with Crippen molar-refractivity contribution in [3.8, 4) is 0 Å². The van der Waals surface area contributed by atoms with E-state index in [1.807, 2.05) is 0 Å². The highest BCUT2D eigenvalue weighted by Crippen LogP contribution is 2.34. The SMILES string of the molecule is Cc1cc(C(F)(F)F)ccc1S(=O)(=O)N(C)C1CC2CCC(C1)N2. The summed E-state index contributed by atoms with van der Waals surface area (Å²) in [6.07, 6.45) is -0.895. The van der Waals surface area contributed by atoms with Crippen LogP contribution in [0.25, 0.3) is 0 Å². The molecule has 2 aliphatic rings. The monoisotopic (exact) mass is 362 g/mol. The van der Waals surface area contributed by atoms with E-state index in [4.69, 9.17) is 0 Å². The summed E-state index contributed by atoms with van der Waals surface area (Å²) in [5, 5.41) is 3.46. The summed E-state index contributed by atoms with van der Waals surface area (Å²) in [5.41, 5.74) is -0.713. The highest BCUT2D eigenvalue weighted by molar-refractivity contribution is 7.89. The molecule has 1 N–H and O–H groups in total. The molecule has 0 aliphatic carbocycles. The molecule has 24 heavy (non-hydrogen) atoms. The van der Waals surface area contributed by atoms with Crippen LogP contribution >= 0.6 is 0 Å². The molecule has 134 valence electrons. The summed E-state index contributed by atoms with van der Waals surface area (Å²) in [6, 6.07) is 3.35. The lowest BCUT2D eigenvalue weighted by atomic mass is 10.0. The lowest BCUT2D eigenvalue weighted by molar-refractivity contribution is -0.137. The third-order valence-corrected chi connectivity index (χ3v) is 7.19. The van der Waals surface area contributed by atoms with E-state index >= 15 is 0 Å². The molecular weight excluding hydrogens is 341 g/mol. The van der Waals surface area contributed by atoms with Crippen LogP contribution in [0, 0.1) is 6.92 Å². The van der Waals surface area contributed by atoms with Crippen LogP contribution in [0.15, 0.2) is 23.1 Å². The molecule has 0 saturated carbocycles. The number of piperidine rings is 1. The van der Waals surface area contributed by atoms with E-state index in [2.05, 4.69) is 5.32 Å². The van der Waals surface area contributed by atoms with Crippen molar-refractivity contribution in [2.45, 2.75) is 61.8 Å². The molecule has 1 aromatic rings. The van der Waals surface area contributed by atoms with Gasteiger partial charge in [0.25, 0.3) is 0 Å². The Balaban J connectivity index is 1.87. The fourth-order valence-electron chi connectivity index (χ4n) is 3.79. The normalized spacial score (nSPS) is 27.7. The summed E-state index contributed by atoms with van der Waals surface area (Å²) < 4.78 is 65.4. The van der Waals surface area contributed by atoms with Gasteiger partial charge in [0.15, 0.2) is 0 Å². The van der Waals surface area contributed by atoms with E-state index in [0.717, 1.165) is 43.9 Å². The number of nitrogens with zero attached hydrogens (tertiary/aromatic N) is 1. The molecule has 4 nitrogen and oxygen atoms in total. The first-order chi connectivity index (χ1) is 11.1. The topological polar surface area (TPSA) is 49.4 Å². The van der Waals surface area contributed by atoms with Gasteiger partial charge in [-0.05, 0) is 56.4 Å². The van der Waals surface area contributed by atoms with Crippen molar-refractivity contribution in [1.82, 2.24) is 9.62 Å². The minimum absolute atomic E-state index is 0.0520. The van der Waals surface area contributed by atoms with Gasteiger partial charge in [0, 0.05) is 25.2 Å². The van der Waals surface area contributed by atoms with Crippen molar-refractivity contribution < 1.29 is 21.6 Å². The second-order valence-electron chi connectivity index (χ2n) is 6.76. The molecule has 2 aliphatic heterocycles. The molecule has 0 amide bonds. The Hall–Kier alpha value is -1.12. The van der Waals surface area contributed by atoms with E-state index in [9.17, 15) is 21.6 Å². The van der Waals surface area contributed by atoms with Crippen molar-refractivity contribution in [1.29, 1.82) is 0 Å². The van der Waals surface area contributed by atoms with Crippen molar-refractivity contribution in [3.05, 3.63) is 29.3 Å². The van der Waals surface area contributed by atoms with Gasteiger partial charge < -0.3 is 5.32 Å². The Morgan fingerprint density at radius 2 is 1.75 bits per heavy atom. The first kappa shape index (κ1) is 17.7. The molecule has 0 spiro atoms. The minimum Gasteiger partial charge on any atom is -0.311 e. The van der Waals surface area contributed by atoms with Gasteiger partial charge in [-0.25, -0.2) is 8.42 Å². The molecule has 2 unspecified atom stereocenters. The Kier molecular flexibility index (Phi) is 4.42. The zero-order valence-electron chi connectivity index (χ0n) is 13.6. The van der Waals surface area contributed by atoms with Crippen molar-refractivity contribution >= 4 is 10.0 Å². The standard InChI is InChI=1S/C16H21F3N2O2S/c1-10-7-11(16(17,18)19)3-6-15(10)24(22,23)21(2)14-8-12-4-5-13(9-14)20-12/h3,6-7,12-14,20H,4-5,8-9H2,1-2H3. The van der Waals surface area contributed by atoms with Crippen LogP contribution in [-0.4, -0.2) is 37.9 Å². The zero-order chi connectivity index (χ0) is 17.7. The predicted molar refractivity (Wildman–Crippen MR) is 84.1 cm³/mol. The number of halogens is 3. The number of sulfonamides is 1. The Labute approximate surface area is 140 Å². The van der Waals surface area contributed by atoms with Gasteiger partial charge in [0.05, 0.1) is 10.5 Å². The van der Waals surface area contributed by atoms with Gasteiger partial charge >= 0.3 is 6.18 Å². The predicted octanol–water partition coefficient (Wildman–Crippen LogP) is 2.92. The molecule has 0 radical (unpaired) electrons. The number of alkyl halides is 3. The molecule has 2 atom stereocenters. The van der Waals surface area contributed by atoms with Gasteiger partial charge in [0.1, 0.15) is 0 Å². The Morgan fingerprint density at radius 3 is 2.25 bits per heavy atom. The highest BCUT2D eigenvalue weighted by atomic mass is 32.2. The number of nitrogens with one attached hydrogen (secondary N) is 1. The van der Waals surface area contributed by atoms with Crippen LogP contribution in [0.3, 0.4) is 0 Å². The van der Waals surface area contributed by atoms with Crippen LogP contribution in [0.1, 0.15) is 36.8 Å². The van der Waals surface area contributed by atoms with Gasteiger partial charge in [-0.2, -0.15) is 17.5 Å². The van der Waals surface area contributed by atoms with Crippen LogP contribution < -0.4 is 5.32 Å². The summed E-state index contributed by atoms with van der Waals surface area (Å²) in [7, 11) is -2.28. The maximum absolute atomic E-state index is 12.9. The van der Waals surface area contributed by atoms with E-state index in [-0.39, 0.29) is 16.5 Å². The Bertz CT molecular complexity index is 721. The molecule has 2 fully saturated rings. The summed E-state index contributed by atoms with van der Waals surface area (Å²) in [4.78, 5) is -0.0520. The smallest absolute Gasteiger partial charge is 0.311 e. The van der Waals surface area contributed by atoms with Gasteiger partial charge in [-0.3, -0.25) is 0 Å². The van der Waals surface area contributed by atoms with Crippen LogP contribution in [-0.2, 0) is 16.2 Å².